The first-order chi connectivity index (χ1) is 12.4. The SMILES string of the molecule is CCc1ccc(S(=O)(=O)N[C@@H](C)C(=O)NCc2ccc3c(c2)OCO3)s1. The third-order valence-corrected chi connectivity index (χ3v) is 7.14. The first kappa shape index (κ1) is 18.7. The first-order valence-corrected chi connectivity index (χ1v) is 10.5. The van der Waals surface area contributed by atoms with E-state index in [0.717, 1.165) is 16.9 Å². The normalized spacial score (nSPS) is 14.2. The number of aryl methyl sites for hydroxylation is 1. The van der Waals surface area contributed by atoms with Crippen molar-refractivity contribution in [3.63, 3.8) is 0 Å². The lowest BCUT2D eigenvalue weighted by atomic mass is 10.2. The highest BCUT2D eigenvalue weighted by Gasteiger charge is 2.23. The Bertz CT molecular complexity index is 908. The molecule has 9 heteroatoms. The molecule has 1 aliphatic heterocycles. The lowest BCUT2D eigenvalue weighted by molar-refractivity contribution is -0.122. The van der Waals surface area contributed by atoms with Gasteiger partial charge in [0.25, 0.3) is 10.0 Å². The molecule has 1 aliphatic rings. The van der Waals surface area contributed by atoms with Gasteiger partial charge in [0.2, 0.25) is 12.7 Å². The highest BCUT2D eigenvalue weighted by molar-refractivity contribution is 7.91. The Morgan fingerprint density at radius 2 is 2.00 bits per heavy atom. The molecule has 0 saturated heterocycles. The highest BCUT2D eigenvalue weighted by Crippen LogP contribution is 2.32. The largest absolute Gasteiger partial charge is 0.454 e. The monoisotopic (exact) mass is 396 g/mol. The number of hydrogen-bond acceptors (Lipinski definition) is 6. The van der Waals surface area contributed by atoms with Gasteiger partial charge in [0.1, 0.15) is 4.21 Å². The van der Waals surface area contributed by atoms with Gasteiger partial charge in [-0.25, -0.2) is 8.42 Å². The van der Waals surface area contributed by atoms with E-state index < -0.39 is 22.0 Å². The molecule has 0 spiro atoms. The Kier molecular flexibility index (Phi) is 5.49. The second-order valence-electron chi connectivity index (χ2n) is 5.82. The number of sulfonamides is 1. The molecular weight excluding hydrogens is 376 g/mol. The van der Waals surface area contributed by atoms with Crippen LogP contribution in [-0.2, 0) is 27.8 Å². The number of amides is 1. The van der Waals surface area contributed by atoms with Crippen molar-refractivity contribution in [2.75, 3.05) is 6.79 Å². The summed E-state index contributed by atoms with van der Waals surface area (Å²) in [4.78, 5) is 13.2. The number of rotatable bonds is 7. The number of carbonyl (C=O) groups is 1. The van der Waals surface area contributed by atoms with Crippen LogP contribution in [0.4, 0.5) is 0 Å². The number of nitrogens with one attached hydrogen (secondary N) is 2. The van der Waals surface area contributed by atoms with Gasteiger partial charge in [-0.05, 0) is 43.2 Å². The Hall–Kier alpha value is -2.10. The molecule has 1 aromatic carbocycles. The topological polar surface area (TPSA) is 93.7 Å². The quantitative estimate of drug-likeness (QED) is 0.747. The number of hydrogen-bond donors (Lipinski definition) is 2. The zero-order valence-corrected chi connectivity index (χ0v) is 16.1. The van der Waals surface area contributed by atoms with Gasteiger partial charge in [-0.2, -0.15) is 4.72 Å². The molecule has 2 N–H and O–H groups in total. The summed E-state index contributed by atoms with van der Waals surface area (Å²) in [5, 5.41) is 2.72. The van der Waals surface area contributed by atoms with Crippen LogP contribution >= 0.6 is 11.3 Å². The van der Waals surface area contributed by atoms with E-state index >= 15 is 0 Å². The van der Waals surface area contributed by atoms with Crippen molar-refractivity contribution in [2.24, 2.45) is 0 Å². The zero-order valence-electron chi connectivity index (χ0n) is 14.4. The van der Waals surface area contributed by atoms with Crippen molar-refractivity contribution in [1.82, 2.24) is 10.0 Å². The summed E-state index contributed by atoms with van der Waals surface area (Å²) in [6, 6.07) is 7.84. The summed E-state index contributed by atoms with van der Waals surface area (Å²) in [6.45, 7) is 3.93. The van der Waals surface area contributed by atoms with Crippen LogP contribution < -0.4 is 19.5 Å². The van der Waals surface area contributed by atoms with Crippen LogP contribution in [0.2, 0.25) is 0 Å². The number of carbonyl (C=O) groups excluding carboxylic acids is 1. The van der Waals surface area contributed by atoms with E-state index in [1.807, 2.05) is 13.0 Å². The maximum Gasteiger partial charge on any atom is 0.250 e. The van der Waals surface area contributed by atoms with Crippen LogP contribution in [0.15, 0.2) is 34.5 Å². The molecule has 0 saturated carbocycles. The van der Waals surface area contributed by atoms with Crippen LogP contribution in [0.25, 0.3) is 0 Å². The van der Waals surface area contributed by atoms with E-state index in [4.69, 9.17) is 9.47 Å². The van der Waals surface area contributed by atoms with Crippen molar-refractivity contribution >= 4 is 27.3 Å². The first-order valence-electron chi connectivity index (χ1n) is 8.16. The summed E-state index contributed by atoms with van der Waals surface area (Å²) in [6.07, 6.45) is 0.770. The predicted octanol–water partition coefficient (Wildman–Crippen LogP) is 2.02. The molecule has 1 atom stereocenters. The van der Waals surface area contributed by atoms with Crippen molar-refractivity contribution < 1.29 is 22.7 Å². The maximum atomic E-state index is 12.4. The predicted molar refractivity (Wildman–Crippen MR) is 97.9 cm³/mol. The van der Waals surface area contributed by atoms with E-state index in [-0.39, 0.29) is 17.5 Å². The molecular formula is C17H20N2O5S2. The van der Waals surface area contributed by atoms with Gasteiger partial charge in [0, 0.05) is 11.4 Å². The molecule has 26 heavy (non-hydrogen) atoms. The maximum absolute atomic E-state index is 12.4. The van der Waals surface area contributed by atoms with Crippen molar-refractivity contribution in [2.45, 2.75) is 37.1 Å². The van der Waals surface area contributed by atoms with Gasteiger partial charge in [-0.1, -0.05) is 13.0 Å². The number of ether oxygens (including phenoxy) is 2. The molecule has 0 unspecified atom stereocenters. The fraction of sp³-hybridized carbons (Fsp3) is 0.353. The number of benzene rings is 1. The summed E-state index contributed by atoms with van der Waals surface area (Å²) in [5.41, 5.74) is 0.837. The van der Waals surface area contributed by atoms with Crippen LogP contribution in [0, 0.1) is 0 Å². The second-order valence-corrected chi connectivity index (χ2v) is 8.93. The Morgan fingerprint density at radius 3 is 2.73 bits per heavy atom. The second kappa shape index (κ2) is 7.65. The Balaban J connectivity index is 1.57. The van der Waals surface area contributed by atoms with E-state index in [1.54, 1.807) is 24.3 Å². The molecule has 140 valence electrons. The van der Waals surface area contributed by atoms with Crippen LogP contribution in [0.5, 0.6) is 11.5 Å². The third-order valence-electron chi connectivity index (χ3n) is 3.88. The molecule has 3 rings (SSSR count). The molecule has 1 aromatic heterocycles. The van der Waals surface area contributed by atoms with Gasteiger partial charge in [0.05, 0.1) is 6.04 Å². The zero-order chi connectivity index (χ0) is 18.7. The third kappa shape index (κ3) is 4.17. The van der Waals surface area contributed by atoms with E-state index in [9.17, 15) is 13.2 Å². The van der Waals surface area contributed by atoms with Crippen molar-refractivity contribution in [3.8, 4) is 11.5 Å². The van der Waals surface area contributed by atoms with Crippen LogP contribution in [0.1, 0.15) is 24.3 Å². The lowest BCUT2D eigenvalue weighted by Crippen LogP contribution is -2.44. The van der Waals surface area contributed by atoms with Gasteiger partial charge in [-0.15, -0.1) is 11.3 Å². The average molecular weight is 396 g/mol. The van der Waals surface area contributed by atoms with Crippen molar-refractivity contribution in [1.29, 1.82) is 0 Å². The summed E-state index contributed by atoms with van der Waals surface area (Å²) in [7, 11) is -3.71. The Labute approximate surface area is 156 Å². The van der Waals surface area contributed by atoms with Crippen LogP contribution in [0.3, 0.4) is 0 Å². The fourth-order valence-electron chi connectivity index (χ4n) is 2.43. The summed E-state index contributed by atoms with van der Waals surface area (Å²) >= 11 is 1.21. The number of fused-ring (bicyclic) bond motifs is 1. The minimum atomic E-state index is -3.71. The van der Waals surface area contributed by atoms with Gasteiger partial charge in [-0.3, -0.25) is 4.79 Å². The van der Waals surface area contributed by atoms with Crippen LogP contribution in [-0.4, -0.2) is 27.2 Å². The van der Waals surface area contributed by atoms with Gasteiger partial charge >= 0.3 is 0 Å². The summed E-state index contributed by atoms with van der Waals surface area (Å²) < 4.78 is 37.9. The van der Waals surface area contributed by atoms with Crippen molar-refractivity contribution in [3.05, 3.63) is 40.8 Å². The molecule has 2 aromatic rings. The smallest absolute Gasteiger partial charge is 0.250 e. The minimum Gasteiger partial charge on any atom is -0.454 e. The van der Waals surface area contributed by atoms with E-state index in [0.29, 0.717) is 11.5 Å². The fourth-order valence-corrected chi connectivity index (χ4v) is 4.95. The molecule has 0 fully saturated rings. The van der Waals surface area contributed by atoms with Gasteiger partial charge < -0.3 is 14.8 Å². The molecule has 0 bridgehead atoms. The minimum absolute atomic E-state index is 0.187. The van der Waals surface area contributed by atoms with Gasteiger partial charge in [0.15, 0.2) is 11.5 Å². The number of thiophene rings is 1. The molecule has 2 heterocycles. The standard InChI is InChI=1S/C17H20N2O5S2/c1-3-13-5-7-16(25-13)26(21,22)19-11(2)17(20)18-9-12-4-6-14-15(8-12)24-10-23-14/h4-8,11,19H,3,9-10H2,1-2H3,(H,18,20)/t11-/m0/s1. The summed E-state index contributed by atoms with van der Waals surface area (Å²) in [5.74, 6) is 0.900. The van der Waals surface area contributed by atoms with E-state index in [2.05, 4.69) is 10.0 Å². The Morgan fingerprint density at radius 1 is 1.23 bits per heavy atom. The van der Waals surface area contributed by atoms with E-state index in [1.165, 1.54) is 18.3 Å². The highest BCUT2D eigenvalue weighted by atomic mass is 32.2. The molecule has 1 amide bonds. The molecule has 0 radical (unpaired) electrons. The molecule has 0 aliphatic carbocycles. The average Bonchev–Trinajstić information content (AvgIpc) is 3.27. The molecule has 7 nitrogen and oxygen atoms in total. The lowest BCUT2D eigenvalue weighted by Gasteiger charge is -2.14.